The number of carbonyl (C=O) groups excluding carboxylic acids is 1. The SMILES string of the molecule is COC[C@H](C)NC(=O)Nc1nnc(C)s1. The second-order valence-corrected chi connectivity index (χ2v) is 4.26. The fourth-order valence-corrected chi connectivity index (χ4v) is 1.58. The molecule has 2 N–H and O–H groups in total. The van der Waals surface area contributed by atoms with E-state index in [9.17, 15) is 4.79 Å². The molecule has 2 amide bonds. The van der Waals surface area contributed by atoms with Gasteiger partial charge in [-0.2, -0.15) is 0 Å². The van der Waals surface area contributed by atoms with Gasteiger partial charge in [-0.25, -0.2) is 4.79 Å². The molecule has 0 unspecified atom stereocenters. The van der Waals surface area contributed by atoms with E-state index < -0.39 is 0 Å². The maximum Gasteiger partial charge on any atom is 0.321 e. The summed E-state index contributed by atoms with van der Waals surface area (Å²) in [4.78, 5) is 11.4. The number of rotatable bonds is 4. The van der Waals surface area contributed by atoms with E-state index in [0.29, 0.717) is 11.7 Å². The first-order chi connectivity index (χ1) is 7.11. The van der Waals surface area contributed by atoms with E-state index in [1.54, 1.807) is 7.11 Å². The van der Waals surface area contributed by atoms with Gasteiger partial charge >= 0.3 is 6.03 Å². The largest absolute Gasteiger partial charge is 0.383 e. The Labute approximate surface area is 92.0 Å². The van der Waals surface area contributed by atoms with E-state index in [0.717, 1.165) is 5.01 Å². The summed E-state index contributed by atoms with van der Waals surface area (Å²) < 4.78 is 4.89. The first-order valence-corrected chi connectivity index (χ1v) is 5.30. The zero-order valence-corrected chi connectivity index (χ0v) is 9.72. The van der Waals surface area contributed by atoms with Gasteiger partial charge < -0.3 is 10.1 Å². The van der Waals surface area contributed by atoms with Crippen LogP contribution in [0.5, 0.6) is 0 Å². The summed E-state index contributed by atoms with van der Waals surface area (Å²) in [5, 5.41) is 14.2. The molecule has 1 aromatic heterocycles. The third kappa shape index (κ3) is 4.22. The molecule has 84 valence electrons. The maximum absolute atomic E-state index is 11.4. The molecular formula is C8H14N4O2S. The number of ether oxygens (including phenoxy) is 1. The molecule has 0 spiro atoms. The number of nitrogens with zero attached hydrogens (tertiary/aromatic N) is 2. The predicted molar refractivity (Wildman–Crippen MR) is 58.1 cm³/mol. The number of aromatic nitrogens is 2. The molecule has 0 fully saturated rings. The van der Waals surface area contributed by atoms with Crippen LogP contribution in [0.2, 0.25) is 0 Å². The van der Waals surface area contributed by atoms with Gasteiger partial charge in [-0.1, -0.05) is 11.3 Å². The van der Waals surface area contributed by atoms with E-state index >= 15 is 0 Å². The average Bonchev–Trinajstić information content (AvgIpc) is 2.51. The Bertz CT molecular complexity index is 328. The van der Waals surface area contributed by atoms with Crippen LogP contribution in [0.1, 0.15) is 11.9 Å². The Morgan fingerprint density at radius 1 is 1.60 bits per heavy atom. The van der Waals surface area contributed by atoms with Gasteiger partial charge in [0.05, 0.1) is 12.6 Å². The normalized spacial score (nSPS) is 12.2. The summed E-state index contributed by atoms with van der Waals surface area (Å²) in [6.45, 7) is 4.16. The minimum atomic E-state index is -0.296. The maximum atomic E-state index is 11.4. The lowest BCUT2D eigenvalue weighted by Gasteiger charge is -2.11. The fourth-order valence-electron chi connectivity index (χ4n) is 0.996. The Kier molecular flexibility index (Phi) is 4.44. The summed E-state index contributed by atoms with van der Waals surface area (Å²) in [6.07, 6.45) is 0. The number of hydrogen-bond donors (Lipinski definition) is 2. The Balaban J connectivity index is 2.36. The van der Waals surface area contributed by atoms with E-state index in [1.807, 2.05) is 13.8 Å². The van der Waals surface area contributed by atoms with Crippen molar-refractivity contribution < 1.29 is 9.53 Å². The monoisotopic (exact) mass is 230 g/mol. The quantitative estimate of drug-likeness (QED) is 0.809. The summed E-state index contributed by atoms with van der Waals surface area (Å²) in [5.74, 6) is 0. The molecule has 0 aliphatic carbocycles. The number of anilines is 1. The zero-order chi connectivity index (χ0) is 11.3. The van der Waals surface area contributed by atoms with Crippen LogP contribution in [-0.2, 0) is 4.74 Å². The summed E-state index contributed by atoms with van der Waals surface area (Å²) >= 11 is 1.33. The standard InChI is InChI=1S/C8H14N4O2S/c1-5(4-14-3)9-7(13)10-8-12-11-6(2)15-8/h5H,4H2,1-3H3,(H2,9,10,12,13)/t5-/m0/s1. The van der Waals surface area contributed by atoms with Crippen LogP contribution in [0.3, 0.4) is 0 Å². The third-order valence-electron chi connectivity index (χ3n) is 1.54. The highest BCUT2D eigenvalue weighted by molar-refractivity contribution is 7.15. The number of amides is 2. The first kappa shape index (κ1) is 11.9. The Morgan fingerprint density at radius 3 is 2.87 bits per heavy atom. The fraction of sp³-hybridized carbons (Fsp3) is 0.625. The van der Waals surface area contributed by atoms with Crippen LogP contribution in [0.15, 0.2) is 0 Å². The second-order valence-electron chi connectivity index (χ2n) is 3.08. The molecule has 1 heterocycles. The lowest BCUT2D eigenvalue weighted by molar-refractivity contribution is 0.173. The Hall–Kier alpha value is -1.21. The van der Waals surface area contributed by atoms with Crippen molar-refractivity contribution in [2.24, 2.45) is 0 Å². The second kappa shape index (κ2) is 5.62. The number of methoxy groups -OCH3 is 1. The van der Waals surface area contributed by atoms with E-state index in [-0.39, 0.29) is 12.1 Å². The van der Waals surface area contributed by atoms with E-state index in [2.05, 4.69) is 20.8 Å². The topological polar surface area (TPSA) is 76.1 Å². The molecule has 0 aliphatic rings. The predicted octanol–water partition coefficient (Wildman–Crippen LogP) is 1.00. The molecule has 0 saturated carbocycles. The van der Waals surface area contributed by atoms with Crippen LogP contribution in [-0.4, -0.2) is 36.0 Å². The van der Waals surface area contributed by atoms with Crippen LogP contribution < -0.4 is 10.6 Å². The molecule has 1 aromatic rings. The van der Waals surface area contributed by atoms with Crippen molar-refractivity contribution in [2.75, 3.05) is 19.0 Å². The highest BCUT2D eigenvalue weighted by atomic mass is 32.1. The molecule has 1 rings (SSSR count). The first-order valence-electron chi connectivity index (χ1n) is 4.48. The van der Waals surface area contributed by atoms with Crippen LogP contribution >= 0.6 is 11.3 Å². The third-order valence-corrected chi connectivity index (χ3v) is 2.29. The lowest BCUT2D eigenvalue weighted by atomic mass is 10.4. The van der Waals surface area contributed by atoms with Gasteiger partial charge in [-0.3, -0.25) is 5.32 Å². The molecule has 6 nitrogen and oxygen atoms in total. The molecule has 0 aliphatic heterocycles. The number of nitrogens with one attached hydrogen (secondary N) is 2. The molecule has 15 heavy (non-hydrogen) atoms. The van der Waals surface area contributed by atoms with Crippen LogP contribution in [0, 0.1) is 6.92 Å². The molecule has 1 atom stereocenters. The molecule has 0 saturated heterocycles. The summed E-state index contributed by atoms with van der Waals surface area (Å²) in [6, 6.07) is -0.334. The van der Waals surface area contributed by atoms with Crippen molar-refractivity contribution in [3.05, 3.63) is 5.01 Å². The van der Waals surface area contributed by atoms with Gasteiger partial charge in [0.2, 0.25) is 5.13 Å². The number of aryl methyl sites for hydroxylation is 1. The molecule has 0 aromatic carbocycles. The highest BCUT2D eigenvalue weighted by Crippen LogP contribution is 2.12. The zero-order valence-electron chi connectivity index (χ0n) is 8.90. The number of hydrogen-bond acceptors (Lipinski definition) is 5. The summed E-state index contributed by atoms with van der Waals surface area (Å²) in [7, 11) is 1.59. The molecular weight excluding hydrogens is 216 g/mol. The van der Waals surface area contributed by atoms with Gasteiger partial charge in [0.1, 0.15) is 5.01 Å². The number of carbonyl (C=O) groups is 1. The smallest absolute Gasteiger partial charge is 0.321 e. The van der Waals surface area contributed by atoms with Crippen molar-refractivity contribution in [1.29, 1.82) is 0 Å². The average molecular weight is 230 g/mol. The van der Waals surface area contributed by atoms with Gasteiger partial charge in [0, 0.05) is 7.11 Å². The molecule has 0 radical (unpaired) electrons. The van der Waals surface area contributed by atoms with Crippen LogP contribution in [0.25, 0.3) is 0 Å². The minimum Gasteiger partial charge on any atom is -0.383 e. The van der Waals surface area contributed by atoms with Crippen LogP contribution in [0.4, 0.5) is 9.93 Å². The van der Waals surface area contributed by atoms with Crippen molar-refractivity contribution in [3.63, 3.8) is 0 Å². The lowest BCUT2D eigenvalue weighted by Crippen LogP contribution is -2.38. The van der Waals surface area contributed by atoms with Gasteiger partial charge in [0.25, 0.3) is 0 Å². The van der Waals surface area contributed by atoms with E-state index in [4.69, 9.17) is 4.74 Å². The van der Waals surface area contributed by atoms with Gasteiger partial charge in [0.15, 0.2) is 0 Å². The van der Waals surface area contributed by atoms with Crippen molar-refractivity contribution in [1.82, 2.24) is 15.5 Å². The number of urea groups is 1. The van der Waals surface area contributed by atoms with Crippen molar-refractivity contribution >= 4 is 22.5 Å². The van der Waals surface area contributed by atoms with Crippen molar-refractivity contribution in [3.8, 4) is 0 Å². The Morgan fingerprint density at radius 2 is 2.33 bits per heavy atom. The van der Waals surface area contributed by atoms with Gasteiger partial charge in [-0.15, -0.1) is 10.2 Å². The molecule has 0 bridgehead atoms. The summed E-state index contributed by atoms with van der Waals surface area (Å²) in [5.41, 5.74) is 0. The van der Waals surface area contributed by atoms with Crippen molar-refractivity contribution in [2.45, 2.75) is 19.9 Å². The van der Waals surface area contributed by atoms with Gasteiger partial charge in [-0.05, 0) is 13.8 Å². The molecule has 7 heteroatoms. The minimum absolute atomic E-state index is 0.0379. The highest BCUT2D eigenvalue weighted by Gasteiger charge is 2.08. The van der Waals surface area contributed by atoms with E-state index in [1.165, 1.54) is 11.3 Å².